The number of nitrogens with zero attached hydrogens (tertiary/aromatic N) is 3. The predicted molar refractivity (Wildman–Crippen MR) is 174 cm³/mol. The van der Waals surface area contributed by atoms with Gasteiger partial charge in [-0.2, -0.15) is 0 Å². The quantitative estimate of drug-likeness (QED) is 0.220. The molecule has 0 fully saturated rings. The first kappa shape index (κ1) is 23.4. The molecule has 6 aromatic carbocycles. The van der Waals surface area contributed by atoms with Crippen LogP contribution in [0.2, 0.25) is 0 Å². The van der Waals surface area contributed by atoms with E-state index in [2.05, 4.69) is 140 Å². The molecular formula is C39H27N3. The Kier molecular flexibility index (Phi) is 4.67. The Labute approximate surface area is 243 Å². The first-order valence-corrected chi connectivity index (χ1v) is 14.5. The van der Waals surface area contributed by atoms with E-state index in [4.69, 9.17) is 9.97 Å². The molecule has 0 N–H and O–H groups in total. The van der Waals surface area contributed by atoms with Crippen LogP contribution >= 0.6 is 0 Å². The minimum absolute atomic E-state index is 0.143. The topological polar surface area (TPSA) is 30.7 Å². The maximum absolute atomic E-state index is 5.32. The SMILES string of the molecule is CC1(C)c2ccccc2-c2ccc3c(c21)c1cc2ccccc2cc1n3-c1nc(-c2ccccc2)c2ccccc2n1. The lowest BCUT2D eigenvalue weighted by Gasteiger charge is -2.22. The van der Waals surface area contributed by atoms with Crippen LogP contribution in [0, 0.1) is 0 Å². The second-order valence-electron chi connectivity index (χ2n) is 11.9. The number of para-hydroxylation sites is 1. The molecule has 0 atom stereocenters. The molecule has 1 aliphatic carbocycles. The molecule has 0 bridgehead atoms. The second kappa shape index (κ2) is 8.37. The smallest absolute Gasteiger partial charge is 0.235 e. The van der Waals surface area contributed by atoms with Gasteiger partial charge >= 0.3 is 0 Å². The molecule has 8 aromatic rings. The lowest BCUT2D eigenvalue weighted by Crippen LogP contribution is -2.15. The van der Waals surface area contributed by atoms with Gasteiger partial charge in [0.15, 0.2) is 0 Å². The van der Waals surface area contributed by atoms with E-state index >= 15 is 0 Å². The Hall–Kier alpha value is -5.28. The van der Waals surface area contributed by atoms with E-state index in [1.54, 1.807) is 0 Å². The predicted octanol–water partition coefficient (Wildman–Crippen LogP) is 9.85. The summed E-state index contributed by atoms with van der Waals surface area (Å²) in [4.78, 5) is 10.5. The van der Waals surface area contributed by atoms with Gasteiger partial charge in [0.05, 0.1) is 22.2 Å². The molecule has 2 aromatic heterocycles. The minimum Gasteiger partial charge on any atom is -0.278 e. The summed E-state index contributed by atoms with van der Waals surface area (Å²) >= 11 is 0. The Morgan fingerprint density at radius 3 is 2.14 bits per heavy atom. The zero-order valence-corrected chi connectivity index (χ0v) is 23.5. The van der Waals surface area contributed by atoms with Gasteiger partial charge in [-0.15, -0.1) is 0 Å². The lowest BCUT2D eigenvalue weighted by atomic mass is 9.80. The molecule has 0 saturated heterocycles. The minimum atomic E-state index is -0.143. The lowest BCUT2D eigenvalue weighted by molar-refractivity contribution is 0.666. The van der Waals surface area contributed by atoms with Crippen LogP contribution in [0.15, 0.2) is 127 Å². The van der Waals surface area contributed by atoms with Crippen molar-refractivity contribution in [3.8, 4) is 28.3 Å². The van der Waals surface area contributed by atoms with Crippen LogP contribution in [0.25, 0.3) is 71.8 Å². The van der Waals surface area contributed by atoms with E-state index in [-0.39, 0.29) is 5.41 Å². The standard InChI is InChI=1S/C39H27N3/c1-39(2)31-18-10-8-16-27(31)28-20-21-33-35(36(28)39)30-22-25-14-6-7-15-26(25)23-34(30)42(33)38-40-32-19-11-9-17-29(32)37(41-38)24-12-4-3-5-13-24/h3-23H,1-2H3. The van der Waals surface area contributed by atoms with Crippen LogP contribution in [0.4, 0.5) is 0 Å². The van der Waals surface area contributed by atoms with Gasteiger partial charge in [-0.05, 0) is 57.3 Å². The largest absolute Gasteiger partial charge is 0.278 e. The molecule has 1 aliphatic rings. The Balaban J connectivity index is 1.46. The van der Waals surface area contributed by atoms with Gasteiger partial charge in [0, 0.05) is 27.1 Å². The summed E-state index contributed by atoms with van der Waals surface area (Å²) in [6.07, 6.45) is 0. The number of rotatable bonds is 2. The highest BCUT2D eigenvalue weighted by atomic mass is 15.2. The molecule has 2 heterocycles. The third-order valence-corrected chi connectivity index (χ3v) is 9.15. The van der Waals surface area contributed by atoms with Crippen molar-refractivity contribution in [2.45, 2.75) is 19.3 Å². The first-order chi connectivity index (χ1) is 20.6. The van der Waals surface area contributed by atoms with E-state index < -0.39 is 0 Å². The van der Waals surface area contributed by atoms with Crippen molar-refractivity contribution in [3.05, 3.63) is 139 Å². The number of benzene rings is 6. The zero-order valence-electron chi connectivity index (χ0n) is 23.5. The average Bonchev–Trinajstić information content (AvgIpc) is 3.47. The molecule has 198 valence electrons. The van der Waals surface area contributed by atoms with Crippen molar-refractivity contribution < 1.29 is 0 Å². The van der Waals surface area contributed by atoms with E-state index in [1.807, 2.05) is 6.07 Å². The van der Waals surface area contributed by atoms with Crippen LogP contribution in [0.5, 0.6) is 0 Å². The highest BCUT2D eigenvalue weighted by Gasteiger charge is 2.38. The fourth-order valence-corrected chi connectivity index (χ4v) is 7.26. The molecule has 0 spiro atoms. The summed E-state index contributed by atoms with van der Waals surface area (Å²) in [5.74, 6) is 0.691. The first-order valence-electron chi connectivity index (χ1n) is 14.5. The van der Waals surface area contributed by atoms with Gasteiger partial charge in [-0.25, -0.2) is 9.97 Å². The van der Waals surface area contributed by atoms with Crippen molar-refractivity contribution in [1.82, 2.24) is 14.5 Å². The van der Waals surface area contributed by atoms with Crippen molar-refractivity contribution in [2.24, 2.45) is 0 Å². The van der Waals surface area contributed by atoms with E-state index in [9.17, 15) is 0 Å². The molecule has 9 rings (SSSR count). The van der Waals surface area contributed by atoms with Crippen molar-refractivity contribution in [3.63, 3.8) is 0 Å². The number of hydrogen-bond donors (Lipinski definition) is 0. The number of aromatic nitrogens is 3. The van der Waals surface area contributed by atoms with Crippen LogP contribution < -0.4 is 0 Å². The summed E-state index contributed by atoms with van der Waals surface area (Å²) in [6, 6.07) is 45.5. The molecule has 42 heavy (non-hydrogen) atoms. The molecular weight excluding hydrogens is 510 g/mol. The average molecular weight is 538 g/mol. The monoisotopic (exact) mass is 537 g/mol. The Morgan fingerprint density at radius 1 is 0.571 bits per heavy atom. The Morgan fingerprint density at radius 2 is 1.29 bits per heavy atom. The summed E-state index contributed by atoms with van der Waals surface area (Å²) in [6.45, 7) is 4.72. The summed E-state index contributed by atoms with van der Waals surface area (Å²) in [5, 5.41) is 6.01. The molecule has 0 aliphatic heterocycles. The van der Waals surface area contributed by atoms with Gasteiger partial charge in [0.25, 0.3) is 0 Å². The van der Waals surface area contributed by atoms with Gasteiger partial charge in [-0.1, -0.05) is 117 Å². The van der Waals surface area contributed by atoms with Crippen LogP contribution in [-0.2, 0) is 5.41 Å². The maximum Gasteiger partial charge on any atom is 0.235 e. The second-order valence-corrected chi connectivity index (χ2v) is 11.9. The van der Waals surface area contributed by atoms with Gasteiger partial charge in [0.1, 0.15) is 0 Å². The number of fused-ring (bicyclic) bond motifs is 9. The maximum atomic E-state index is 5.32. The third kappa shape index (κ3) is 3.11. The van der Waals surface area contributed by atoms with E-state index in [0.717, 1.165) is 33.2 Å². The highest BCUT2D eigenvalue weighted by Crippen LogP contribution is 2.53. The summed E-state index contributed by atoms with van der Waals surface area (Å²) in [5.41, 5.74) is 10.5. The fourth-order valence-electron chi connectivity index (χ4n) is 7.26. The molecule has 3 heteroatoms. The molecule has 0 amide bonds. The molecule has 3 nitrogen and oxygen atoms in total. The van der Waals surface area contributed by atoms with E-state index in [0.29, 0.717) is 5.95 Å². The Bertz CT molecular complexity index is 2380. The summed E-state index contributed by atoms with van der Waals surface area (Å²) < 4.78 is 2.29. The van der Waals surface area contributed by atoms with E-state index in [1.165, 1.54) is 43.8 Å². The molecule has 0 saturated carbocycles. The fraction of sp³-hybridized carbons (Fsp3) is 0.0769. The van der Waals surface area contributed by atoms with Gasteiger partial charge in [0.2, 0.25) is 5.95 Å². The van der Waals surface area contributed by atoms with Gasteiger partial charge < -0.3 is 0 Å². The van der Waals surface area contributed by atoms with Crippen LogP contribution in [-0.4, -0.2) is 14.5 Å². The van der Waals surface area contributed by atoms with Crippen molar-refractivity contribution >= 4 is 43.5 Å². The van der Waals surface area contributed by atoms with Crippen LogP contribution in [0.1, 0.15) is 25.0 Å². The van der Waals surface area contributed by atoms with Gasteiger partial charge in [-0.3, -0.25) is 4.57 Å². The molecule has 0 unspecified atom stereocenters. The highest BCUT2D eigenvalue weighted by molar-refractivity contribution is 6.17. The number of hydrogen-bond acceptors (Lipinski definition) is 2. The van der Waals surface area contributed by atoms with Crippen molar-refractivity contribution in [1.29, 1.82) is 0 Å². The van der Waals surface area contributed by atoms with Crippen LogP contribution in [0.3, 0.4) is 0 Å². The third-order valence-electron chi connectivity index (χ3n) is 9.15. The normalized spacial score (nSPS) is 13.7. The molecule has 0 radical (unpaired) electrons. The zero-order chi connectivity index (χ0) is 28.0. The van der Waals surface area contributed by atoms with Crippen molar-refractivity contribution in [2.75, 3.05) is 0 Å². The summed E-state index contributed by atoms with van der Waals surface area (Å²) in [7, 11) is 0.